The summed E-state index contributed by atoms with van der Waals surface area (Å²) in [6.07, 6.45) is 6.64. The summed E-state index contributed by atoms with van der Waals surface area (Å²) in [5, 5.41) is 19.5. The molecular weight excluding hydrogens is 292 g/mol. The molecule has 6 nitrogen and oxygen atoms in total. The highest BCUT2D eigenvalue weighted by Crippen LogP contribution is 2.21. The Morgan fingerprint density at radius 2 is 2.17 bits per heavy atom. The van der Waals surface area contributed by atoms with E-state index in [0.29, 0.717) is 0 Å². The van der Waals surface area contributed by atoms with Crippen LogP contribution in [0.1, 0.15) is 51.4 Å². The zero-order chi connectivity index (χ0) is 17.2. The minimum absolute atomic E-state index is 0.0160. The van der Waals surface area contributed by atoms with Gasteiger partial charge in [-0.3, -0.25) is 4.68 Å². The van der Waals surface area contributed by atoms with Gasteiger partial charge in [0.05, 0.1) is 17.3 Å². The molecule has 1 aromatic rings. The summed E-state index contributed by atoms with van der Waals surface area (Å²) in [4.78, 5) is 12.1. The molecule has 128 valence electrons. The molecule has 0 saturated carbocycles. The zero-order valence-electron chi connectivity index (χ0n) is 14.6. The first kappa shape index (κ1) is 17.5. The van der Waals surface area contributed by atoms with Crippen LogP contribution in [0.4, 0.5) is 4.79 Å². The molecule has 0 saturated heterocycles. The van der Waals surface area contributed by atoms with E-state index in [1.54, 1.807) is 0 Å². The molecule has 1 aromatic heterocycles. The molecule has 0 aliphatic heterocycles. The molecule has 0 unspecified atom stereocenters. The summed E-state index contributed by atoms with van der Waals surface area (Å²) in [5.41, 5.74) is 1.86. The summed E-state index contributed by atoms with van der Waals surface area (Å²) < 4.78 is 1.93. The smallest absolute Gasteiger partial charge is 0.315 e. The number of aromatic nitrogens is 2. The molecule has 3 atom stereocenters. The van der Waals surface area contributed by atoms with E-state index in [0.717, 1.165) is 17.7 Å². The van der Waals surface area contributed by atoms with Crippen LogP contribution in [0, 0.1) is 12.8 Å². The number of carbonyl (C=O) groups is 1. The Balaban J connectivity index is 1.94. The molecule has 3 N–H and O–H groups in total. The average Bonchev–Trinajstić information content (AvgIpc) is 3.04. The van der Waals surface area contributed by atoms with Crippen molar-refractivity contribution in [3.05, 3.63) is 29.6 Å². The third-order valence-corrected chi connectivity index (χ3v) is 4.16. The molecule has 0 aromatic carbocycles. The van der Waals surface area contributed by atoms with Gasteiger partial charge in [0, 0.05) is 30.3 Å². The van der Waals surface area contributed by atoms with E-state index in [1.807, 2.05) is 36.9 Å². The topological polar surface area (TPSA) is 79.2 Å². The number of aryl methyl sites for hydroxylation is 1. The molecule has 0 bridgehead atoms. The zero-order valence-corrected chi connectivity index (χ0v) is 14.6. The fourth-order valence-corrected chi connectivity index (χ4v) is 2.74. The lowest BCUT2D eigenvalue weighted by Gasteiger charge is -2.19. The van der Waals surface area contributed by atoms with E-state index in [1.165, 1.54) is 0 Å². The van der Waals surface area contributed by atoms with E-state index in [9.17, 15) is 4.79 Å². The molecule has 0 spiro atoms. The minimum atomic E-state index is -0.200. The Morgan fingerprint density at radius 1 is 1.48 bits per heavy atom. The van der Waals surface area contributed by atoms with Gasteiger partial charge in [-0.25, -0.2) is 4.79 Å². The molecule has 0 radical (unpaired) electrons. The van der Waals surface area contributed by atoms with E-state index in [4.69, 9.17) is 5.11 Å². The van der Waals surface area contributed by atoms with Gasteiger partial charge in [-0.1, -0.05) is 12.2 Å². The van der Waals surface area contributed by atoms with Gasteiger partial charge < -0.3 is 15.7 Å². The second-order valence-electron chi connectivity index (χ2n) is 7.29. The monoisotopic (exact) mass is 320 g/mol. The molecule has 0 fully saturated rings. The second kappa shape index (κ2) is 6.74. The van der Waals surface area contributed by atoms with Gasteiger partial charge in [-0.2, -0.15) is 5.10 Å². The first-order valence-corrected chi connectivity index (χ1v) is 8.13. The van der Waals surface area contributed by atoms with Gasteiger partial charge in [-0.15, -0.1) is 0 Å². The van der Waals surface area contributed by atoms with Crippen LogP contribution >= 0.6 is 0 Å². The van der Waals surface area contributed by atoms with Crippen molar-refractivity contribution >= 4 is 6.03 Å². The van der Waals surface area contributed by atoms with Crippen LogP contribution in [0.25, 0.3) is 0 Å². The summed E-state index contributed by atoms with van der Waals surface area (Å²) in [6, 6.07) is -0.337. The Morgan fingerprint density at radius 3 is 2.70 bits per heavy atom. The predicted molar refractivity (Wildman–Crippen MR) is 90.2 cm³/mol. The maximum absolute atomic E-state index is 12.1. The number of rotatable bonds is 4. The molecule has 1 heterocycles. The SMILES string of the molecule is Cc1nn(C(C)(C)C)cc1[C@H](C)NC(=O)N[C@@H]1C=C[C@H](CO)C1. The Bertz CT molecular complexity index is 586. The lowest BCUT2D eigenvalue weighted by atomic mass is 10.1. The van der Waals surface area contributed by atoms with Crippen LogP contribution in [0.2, 0.25) is 0 Å². The first-order valence-electron chi connectivity index (χ1n) is 8.13. The Labute approximate surface area is 138 Å². The number of nitrogens with one attached hydrogen (secondary N) is 2. The number of urea groups is 1. The third kappa shape index (κ3) is 4.34. The van der Waals surface area contributed by atoms with Gasteiger partial charge in [0.2, 0.25) is 0 Å². The summed E-state index contributed by atoms with van der Waals surface area (Å²) in [6.45, 7) is 10.3. The molecule has 23 heavy (non-hydrogen) atoms. The number of amides is 2. The van der Waals surface area contributed by atoms with Gasteiger partial charge in [0.15, 0.2) is 0 Å². The Kier molecular flexibility index (Phi) is 5.14. The van der Waals surface area contributed by atoms with Crippen molar-refractivity contribution in [2.24, 2.45) is 5.92 Å². The van der Waals surface area contributed by atoms with Crippen LogP contribution in [-0.2, 0) is 5.54 Å². The maximum atomic E-state index is 12.1. The number of aliphatic hydroxyl groups is 1. The number of aliphatic hydroxyl groups excluding tert-OH is 1. The molecule has 1 aliphatic rings. The quantitative estimate of drug-likeness (QED) is 0.744. The van der Waals surface area contributed by atoms with Gasteiger partial charge in [0.25, 0.3) is 0 Å². The van der Waals surface area contributed by atoms with Crippen molar-refractivity contribution in [1.29, 1.82) is 0 Å². The summed E-state index contributed by atoms with van der Waals surface area (Å²) in [5.74, 6) is 0.144. The number of nitrogens with zero attached hydrogens (tertiary/aromatic N) is 2. The average molecular weight is 320 g/mol. The lowest BCUT2D eigenvalue weighted by molar-refractivity contribution is 0.229. The predicted octanol–water partition coefficient (Wildman–Crippen LogP) is 2.24. The van der Waals surface area contributed by atoms with E-state index >= 15 is 0 Å². The lowest BCUT2D eigenvalue weighted by Crippen LogP contribution is -2.42. The van der Waals surface area contributed by atoms with Crippen LogP contribution in [0.5, 0.6) is 0 Å². The molecule has 2 rings (SSSR count). The molecule has 2 amide bonds. The molecule has 6 heteroatoms. The largest absolute Gasteiger partial charge is 0.396 e. The number of carbonyl (C=O) groups excluding carboxylic acids is 1. The number of hydrogen-bond acceptors (Lipinski definition) is 3. The first-order chi connectivity index (χ1) is 10.7. The highest BCUT2D eigenvalue weighted by Gasteiger charge is 2.22. The highest BCUT2D eigenvalue weighted by atomic mass is 16.3. The van der Waals surface area contributed by atoms with Crippen molar-refractivity contribution < 1.29 is 9.90 Å². The van der Waals surface area contributed by atoms with E-state index in [-0.39, 0.29) is 36.2 Å². The number of hydrogen-bond donors (Lipinski definition) is 3. The fourth-order valence-electron chi connectivity index (χ4n) is 2.74. The van der Waals surface area contributed by atoms with Crippen molar-refractivity contribution in [2.75, 3.05) is 6.61 Å². The van der Waals surface area contributed by atoms with Crippen molar-refractivity contribution in [2.45, 2.75) is 58.7 Å². The van der Waals surface area contributed by atoms with Gasteiger partial charge in [0.1, 0.15) is 0 Å². The standard InChI is InChI=1S/C17H28N4O2/c1-11(15-9-21(17(3,4)5)20-12(15)2)18-16(23)19-14-7-6-13(8-14)10-22/h6-7,9,11,13-14,22H,8,10H2,1-5H3,(H2,18,19,23)/t11-,13-,14+/m0/s1. The maximum Gasteiger partial charge on any atom is 0.315 e. The Hall–Kier alpha value is -1.82. The summed E-state index contributed by atoms with van der Waals surface area (Å²) in [7, 11) is 0. The fraction of sp³-hybridized carbons (Fsp3) is 0.647. The van der Waals surface area contributed by atoms with Crippen molar-refractivity contribution in [3.63, 3.8) is 0 Å². The van der Waals surface area contributed by atoms with Crippen LogP contribution in [-0.4, -0.2) is 33.6 Å². The van der Waals surface area contributed by atoms with Gasteiger partial charge >= 0.3 is 6.03 Å². The van der Waals surface area contributed by atoms with E-state index in [2.05, 4.69) is 36.5 Å². The van der Waals surface area contributed by atoms with Crippen LogP contribution in [0.15, 0.2) is 18.3 Å². The summed E-state index contributed by atoms with van der Waals surface area (Å²) >= 11 is 0. The molecular formula is C17H28N4O2. The van der Waals surface area contributed by atoms with Gasteiger partial charge in [-0.05, 0) is 41.0 Å². The van der Waals surface area contributed by atoms with E-state index < -0.39 is 0 Å². The van der Waals surface area contributed by atoms with Crippen LogP contribution < -0.4 is 10.6 Å². The van der Waals surface area contributed by atoms with Crippen LogP contribution in [0.3, 0.4) is 0 Å². The second-order valence-corrected chi connectivity index (χ2v) is 7.29. The highest BCUT2D eigenvalue weighted by molar-refractivity contribution is 5.75. The normalized spacial score (nSPS) is 22.2. The molecule has 1 aliphatic carbocycles. The minimum Gasteiger partial charge on any atom is -0.396 e. The van der Waals surface area contributed by atoms with Crippen molar-refractivity contribution in [3.8, 4) is 0 Å². The van der Waals surface area contributed by atoms with Crippen molar-refractivity contribution in [1.82, 2.24) is 20.4 Å². The third-order valence-electron chi connectivity index (χ3n) is 4.16.